The van der Waals surface area contributed by atoms with Crippen molar-refractivity contribution in [1.82, 2.24) is 10.6 Å². The van der Waals surface area contributed by atoms with E-state index in [-0.39, 0.29) is 24.8 Å². The van der Waals surface area contributed by atoms with Gasteiger partial charge < -0.3 is 25.4 Å². The first-order valence-corrected chi connectivity index (χ1v) is 10.1. The van der Waals surface area contributed by atoms with E-state index in [1.54, 1.807) is 36.4 Å². The van der Waals surface area contributed by atoms with Crippen LogP contribution in [0.15, 0.2) is 72.8 Å². The van der Waals surface area contributed by atoms with Crippen LogP contribution in [0.4, 0.5) is 14.9 Å². The number of carbonyl (C=O) groups is 2. The minimum atomic E-state index is -0.497. The van der Waals surface area contributed by atoms with Crippen molar-refractivity contribution in [2.75, 3.05) is 18.5 Å². The van der Waals surface area contributed by atoms with Crippen LogP contribution in [0.2, 0.25) is 0 Å². The molecule has 3 N–H and O–H groups in total. The Morgan fingerprint density at radius 3 is 2.03 bits per heavy atom. The van der Waals surface area contributed by atoms with Crippen molar-refractivity contribution in [3.05, 3.63) is 84.2 Å². The summed E-state index contributed by atoms with van der Waals surface area (Å²) in [6.07, 6.45) is 0. The minimum absolute atomic E-state index is 0.195. The van der Waals surface area contributed by atoms with Crippen molar-refractivity contribution in [3.63, 3.8) is 0 Å². The van der Waals surface area contributed by atoms with Crippen LogP contribution in [0.5, 0.6) is 17.2 Å². The number of anilines is 1. The molecule has 0 aliphatic carbocycles. The molecule has 3 amide bonds. The SMILES string of the molecule is CCOc1ccc(Oc2ccc(NC(=O)CNC(=O)NCc3ccc(F)cc3)cc2)cc1. The van der Waals surface area contributed by atoms with Gasteiger partial charge in [-0.15, -0.1) is 0 Å². The van der Waals surface area contributed by atoms with Gasteiger partial charge in [0.15, 0.2) is 0 Å². The molecule has 0 spiro atoms. The standard InChI is InChI=1S/C24H24FN3O4/c1-2-31-20-11-13-22(14-12-20)32-21-9-7-19(8-10-21)28-23(29)16-27-24(30)26-15-17-3-5-18(25)6-4-17/h3-14H,2,15-16H2,1H3,(H,28,29)(H2,26,27,30). The topological polar surface area (TPSA) is 88.7 Å². The van der Waals surface area contributed by atoms with Crippen molar-refractivity contribution < 1.29 is 23.5 Å². The number of halogens is 1. The number of hydrogen-bond acceptors (Lipinski definition) is 4. The summed E-state index contributed by atoms with van der Waals surface area (Å²) in [4.78, 5) is 23.9. The zero-order valence-corrected chi connectivity index (χ0v) is 17.6. The average molecular weight is 437 g/mol. The van der Waals surface area contributed by atoms with E-state index >= 15 is 0 Å². The van der Waals surface area contributed by atoms with E-state index in [1.807, 2.05) is 31.2 Å². The van der Waals surface area contributed by atoms with Crippen LogP contribution in [0.25, 0.3) is 0 Å². The summed E-state index contributed by atoms with van der Waals surface area (Å²) >= 11 is 0. The molecule has 0 unspecified atom stereocenters. The van der Waals surface area contributed by atoms with Crippen molar-refractivity contribution >= 4 is 17.6 Å². The highest BCUT2D eigenvalue weighted by atomic mass is 19.1. The first kappa shape index (κ1) is 22.6. The van der Waals surface area contributed by atoms with Gasteiger partial charge in [-0.25, -0.2) is 9.18 Å². The van der Waals surface area contributed by atoms with Crippen LogP contribution in [0.1, 0.15) is 12.5 Å². The van der Waals surface area contributed by atoms with Gasteiger partial charge >= 0.3 is 6.03 Å². The van der Waals surface area contributed by atoms with Crippen molar-refractivity contribution in [2.24, 2.45) is 0 Å². The molecule has 8 heteroatoms. The van der Waals surface area contributed by atoms with E-state index in [4.69, 9.17) is 9.47 Å². The quantitative estimate of drug-likeness (QED) is 0.461. The third-order valence-electron chi connectivity index (χ3n) is 4.28. The van der Waals surface area contributed by atoms with Gasteiger partial charge in [-0.3, -0.25) is 4.79 Å². The van der Waals surface area contributed by atoms with Gasteiger partial charge in [0, 0.05) is 12.2 Å². The Morgan fingerprint density at radius 1 is 0.812 bits per heavy atom. The molecule has 0 aliphatic rings. The largest absolute Gasteiger partial charge is 0.494 e. The lowest BCUT2D eigenvalue weighted by Crippen LogP contribution is -2.39. The maximum absolute atomic E-state index is 12.9. The second-order valence-corrected chi connectivity index (χ2v) is 6.74. The summed E-state index contributed by atoms with van der Waals surface area (Å²) in [5.41, 5.74) is 1.32. The molecule has 0 aliphatic heterocycles. The van der Waals surface area contributed by atoms with Crippen molar-refractivity contribution in [3.8, 4) is 17.2 Å². The Bertz CT molecular complexity index is 1020. The van der Waals surface area contributed by atoms with Crippen molar-refractivity contribution in [2.45, 2.75) is 13.5 Å². The van der Waals surface area contributed by atoms with E-state index in [0.29, 0.717) is 23.8 Å². The lowest BCUT2D eigenvalue weighted by atomic mass is 10.2. The third-order valence-corrected chi connectivity index (χ3v) is 4.28. The van der Waals surface area contributed by atoms with Crippen LogP contribution < -0.4 is 25.4 Å². The van der Waals surface area contributed by atoms with E-state index in [0.717, 1.165) is 11.3 Å². The fourth-order valence-corrected chi connectivity index (χ4v) is 2.73. The molecule has 3 rings (SSSR count). The van der Waals surface area contributed by atoms with Gasteiger partial charge in [-0.1, -0.05) is 12.1 Å². The number of rotatable bonds is 9. The maximum atomic E-state index is 12.9. The second kappa shape index (κ2) is 11.4. The summed E-state index contributed by atoms with van der Waals surface area (Å²) in [6.45, 7) is 2.55. The number of hydrogen-bond donors (Lipinski definition) is 3. The van der Waals surface area contributed by atoms with Gasteiger partial charge in [0.1, 0.15) is 23.1 Å². The highest BCUT2D eigenvalue weighted by molar-refractivity contribution is 5.94. The Labute approximate surface area is 185 Å². The van der Waals surface area contributed by atoms with Crippen LogP contribution >= 0.6 is 0 Å². The first-order valence-electron chi connectivity index (χ1n) is 10.1. The summed E-state index contributed by atoms with van der Waals surface area (Å²) in [6, 6.07) is 19.4. The van der Waals surface area contributed by atoms with Gasteiger partial charge in [-0.2, -0.15) is 0 Å². The molecule has 3 aromatic carbocycles. The molecule has 0 fully saturated rings. The van der Waals surface area contributed by atoms with Crippen LogP contribution in [-0.2, 0) is 11.3 Å². The highest BCUT2D eigenvalue weighted by Gasteiger charge is 2.07. The summed E-state index contributed by atoms with van der Waals surface area (Å²) in [5.74, 6) is 1.34. The van der Waals surface area contributed by atoms with E-state index in [1.165, 1.54) is 12.1 Å². The molecule has 0 heterocycles. The normalized spacial score (nSPS) is 10.2. The Morgan fingerprint density at radius 2 is 1.41 bits per heavy atom. The van der Waals surface area contributed by atoms with E-state index in [2.05, 4.69) is 16.0 Å². The third kappa shape index (κ3) is 7.32. The van der Waals surface area contributed by atoms with Gasteiger partial charge in [0.25, 0.3) is 0 Å². The van der Waals surface area contributed by atoms with Crippen LogP contribution in [0.3, 0.4) is 0 Å². The molecule has 0 atom stereocenters. The predicted molar refractivity (Wildman–Crippen MR) is 119 cm³/mol. The minimum Gasteiger partial charge on any atom is -0.494 e. The maximum Gasteiger partial charge on any atom is 0.315 e. The molecule has 0 radical (unpaired) electrons. The fourth-order valence-electron chi connectivity index (χ4n) is 2.73. The Balaban J connectivity index is 1.40. The summed E-state index contributed by atoms with van der Waals surface area (Å²) in [5, 5.41) is 7.77. The molecule has 3 aromatic rings. The lowest BCUT2D eigenvalue weighted by molar-refractivity contribution is -0.115. The molecule has 32 heavy (non-hydrogen) atoms. The number of amides is 3. The fraction of sp³-hybridized carbons (Fsp3) is 0.167. The Kier molecular flexibility index (Phi) is 8.02. The second-order valence-electron chi connectivity index (χ2n) is 6.74. The molecular formula is C24H24FN3O4. The zero-order valence-electron chi connectivity index (χ0n) is 17.6. The summed E-state index contributed by atoms with van der Waals surface area (Å²) < 4.78 is 24.0. The molecule has 0 aromatic heterocycles. The first-order chi connectivity index (χ1) is 15.5. The summed E-state index contributed by atoms with van der Waals surface area (Å²) in [7, 11) is 0. The Hall–Kier alpha value is -4.07. The van der Waals surface area contributed by atoms with E-state index < -0.39 is 6.03 Å². The van der Waals surface area contributed by atoms with Crippen LogP contribution in [0, 0.1) is 5.82 Å². The zero-order chi connectivity index (χ0) is 22.8. The number of carbonyl (C=O) groups excluding carboxylic acids is 2. The molecule has 0 saturated heterocycles. The highest BCUT2D eigenvalue weighted by Crippen LogP contribution is 2.25. The van der Waals surface area contributed by atoms with Gasteiger partial charge in [-0.05, 0) is 73.2 Å². The number of benzene rings is 3. The van der Waals surface area contributed by atoms with Gasteiger partial charge in [0.2, 0.25) is 5.91 Å². The molecule has 7 nitrogen and oxygen atoms in total. The number of ether oxygens (including phenoxy) is 2. The smallest absolute Gasteiger partial charge is 0.315 e. The average Bonchev–Trinajstić information content (AvgIpc) is 2.80. The molecule has 0 saturated carbocycles. The number of nitrogens with one attached hydrogen (secondary N) is 3. The van der Waals surface area contributed by atoms with Crippen LogP contribution in [-0.4, -0.2) is 25.1 Å². The predicted octanol–water partition coefficient (Wildman–Crippen LogP) is 4.45. The molecule has 166 valence electrons. The molecular weight excluding hydrogens is 413 g/mol. The van der Waals surface area contributed by atoms with E-state index in [9.17, 15) is 14.0 Å². The number of urea groups is 1. The van der Waals surface area contributed by atoms with Gasteiger partial charge in [0.05, 0.1) is 13.2 Å². The monoisotopic (exact) mass is 437 g/mol. The van der Waals surface area contributed by atoms with Crippen molar-refractivity contribution in [1.29, 1.82) is 0 Å². The molecule has 0 bridgehead atoms. The lowest BCUT2D eigenvalue weighted by Gasteiger charge is -2.10.